The predicted molar refractivity (Wildman–Crippen MR) is 111 cm³/mol. The molecule has 0 aromatic heterocycles. The molecule has 0 amide bonds. The molecular formula is C22H26CoN2O4. The molecule has 2 aromatic rings. The number of hydrogen-bond donors (Lipinski definition) is 3. The molecule has 7 heteroatoms. The second-order valence-corrected chi connectivity index (χ2v) is 6.61. The minimum Gasteiger partial charge on any atom is -0.507 e. The van der Waals surface area contributed by atoms with Gasteiger partial charge in [-0.15, -0.1) is 0 Å². The fourth-order valence-corrected chi connectivity index (χ4v) is 2.98. The van der Waals surface area contributed by atoms with Gasteiger partial charge in [-0.3, -0.25) is 14.8 Å². The molecule has 29 heavy (non-hydrogen) atoms. The molecule has 2 aromatic carbocycles. The fourth-order valence-electron chi connectivity index (χ4n) is 2.98. The Balaban J connectivity index is 0.000000771. The maximum absolute atomic E-state index is 9.84. The van der Waals surface area contributed by atoms with Gasteiger partial charge in [0.25, 0.3) is 5.97 Å². The number of aliphatic carboxylic acids is 1. The van der Waals surface area contributed by atoms with E-state index in [0.29, 0.717) is 0 Å². The van der Waals surface area contributed by atoms with E-state index in [9.17, 15) is 10.2 Å². The third-order valence-corrected chi connectivity index (χ3v) is 4.38. The maximum Gasteiger partial charge on any atom is 0.300 e. The summed E-state index contributed by atoms with van der Waals surface area (Å²) in [6, 6.07) is 14.6. The Bertz CT molecular complexity index is 772. The summed E-state index contributed by atoms with van der Waals surface area (Å²) in [6.07, 6.45) is 7.76. The van der Waals surface area contributed by atoms with Crippen LogP contribution in [0.5, 0.6) is 11.5 Å². The van der Waals surface area contributed by atoms with E-state index in [4.69, 9.17) is 9.90 Å². The van der Waals surface area contributed by atoms with Crippen molar-refractivity contribution in [2.75, 3.05) is 0 Å². The Morgan fingerprint density at radius 3 is 1.55 bits per heavy atom. The van der Waals surface area contributed by atoms with Crippen LogP contribution in [0.4, 0.5) is 0 Å². The van der Waals surface area contributed by atoms with Crippen molar-refractivity contribution in [3.63, 3.8) is 0 Å². The fraction of sp³-hybridized carbons (Fsp3) is 0.318. The average Bonchev–Trinajstić information content (AvgIpc) is 2.67. The maximum atomic E-state index is 9.84. The van der Waals surface area contributed by atoms with Crippen molar-refractivity contribution in [1.82, 2.24) is 0 Å². The van der Waals surface area contributed by atoms with Gasteiger partial charge in [0.2, 0.25) is 0 Å². The van der Waals surface area contributed by atoms with Crippen molar-refractivity contribution in [3.05, 3.63) is 59.7 Å². The summed E-state index contributed by atoms with van der Waals surface area (Å²) in [5, 5.41) is 27.1. The van der Waals surface area contributed by atoms with Gasteiger partial charge in [-0.25, -0.2) is 0 Å². The molecule has 1 aliphatic carbocycles. The van der Waals surface area contributed by atoms with Crippen LogP contribution in [-0.2, 0) is 21.6 Å². The van der Waals surface area contributed by atoms with Crippen LogP contribution in [0, 0.1) is 0 Å². The summed E-state index contributed by atoms with van der Waals surface area (Å²) in [5.74, 6) is -0.349. The van der Waals surface area contributed by atoms with Crippen LogP contribution in [0.3, 0.4) is 0 Å². The Kier molecular flexibility index (Phi) is 10.7. The van der Waals surface area contributed by atoms with E-state index in [1.807, 2.05) is 24.3 Å². The summed E-state index contributed by atoms with van der Waals surface area (Å²) in [4.78, 5) is 18.3. The largest absolute Gasteiger partial charge is 0.507 e. The van der Waals surface area contributed by atoms with E-state index >= 15 is 0 Å². The molecule has 1 saturated carbocycles. The molecule has 2 atom stereocenters. The number of benzene rings is 2. The van der Waals surface area contributed by atoms with Crippen molar-refractivity contribution in [2.24, 2.45) is 9.98 Å². The number of para-hydroxylation sites is 2. The van der Waals surface area contributed by atoms with Gasteiger partial charge in [0.1, 0.15) is 11.5 Å². The van der Waals surface area contributed by atoms with E-state index < -0.39 is 5.97 Å². The topological polar surface area (TPSA) is 102 Å². The van der Waals surface area contributed by atoms with Gasteiger partial charge >= 0.3 is 0 Å². The molecule has 6 nitrogen and oxygen atoms in total. The van der Waals surface area contributed by atoms with E-state index in [1.54, 1.807) is 36.7 Å². The monoisotopic (exact) mass is 441 g/mol. The van der Waals surface area contributed by atoms with Crippen molar-refractivity contribution in [2.45, 2.75) is 44.7 Å². The zero-order chi connectivity index (χ0) is 20.4. The number of carboxylic acids is 1. The minimum absolute atomic E-state index is 0. The Morgan fingerprint density at radius 2 is 1.21 bits per heavy atom. The second-order valence-electron chi connectivity index (χ2n) is 6.61. The molecule has 157 valence electrons. The van der Waals surface area contributed by atoms with E-state index in [-0.39, 0.29) is 40.4 Å². The molecule has 0 heterocycles. The van der Waals surface area contributed by atoms with Crippen LogP contribution in [0.1, 0.15) is 43.7 Å². The molecule has 0 aliphatic heterocycles. The van der Waals surface area contributed by atoms with Gasteiger partial charge in [-0.2, -0.15) is 0 Å². The number of aliphatic imine (C=N–C) groups is 2. The number of hydrogen-bond acceptors (Lipinski definition) is 5. The number of rotatable bonds is 4. The number of nitrogens with zero attached hydrogens (tertiary/aromatic N) is 2. The molecular weight excluding hydrogens is 415 g/mol. The van der Waals surface area contributed by atoms with Crippen molar-refractivity contribution >= 4 is 18.4 Å². The van der Waals surface area contributed by atoms with E-state index in [0.717, 1.165) is 43.7 Å². The molecule has 1 fully saturated rings. The van der Waals surface area contributed by atoms with Gasteiger partial charge in [0, 0.05) is 47.3 Å². The first-order valence-electron chi connectivity index (χ1n) is 9.29. The van der Waals surface area contributed by atoms with Crippen molar-refractivity contribution in [1.29, 1.82) is 0 Å². The Labute approximate surface area is 181 Å². The molecule has 1 radical (unpaired) electrons. The molecule has 0 saturated heterocycles. The molecule has 3 rings (SSSR count). The molecule has 3 N–H and O–H groups in total. The van der Waals surface area contributed by atoms with Crippen LogP contribution in [0.25, 0.3) is 0 Å². The predicted octanol–water partition coefficient (Wildman–Crippen LogP) is 4.04. The van der Waals surface area contributed by atoms with Gasteiger partial charge in [-0.05, 0) is 37.1 Å². The number of carbonyl (C=O) groups is 1. The first kappa shape index (κ1) is 24.4. The molecule has 0 unspecified atom stereocenters. The smallest absolute Gasteiger partial charge is 0.300 e. The van der Waals surface area contributed by atoms with Gasteiger partial charge in [-0.1, -0.05) is 37.1 Å². The summed E-state index contributed by atoms with van der Waals surface area (Å²) < 4.78 is 0. The first-order valence-corrected chi connectivity index (χ1v) is 9.29. The van der Waals surface area contributed by atoms with Crippen LogP contribution in [0.2, 0.25) is 0 Å². The van der Waals surface area contributed by atoms with E-state index in [2.05, 4.69) is 9.98 Å². The van der Waals surface area contributed by atoms with Crippen LogP contribution in [-0.4, -0.2) is 45.8 Å². The quantitative estimate of drug-likeness (QED) is 0.624. The van der Waals surface area contributed by atoms with Crippen LogP contribution < -0.4 is 0 Å². The average molecular weight is 441 g/mol. The van der Waals surface area contributed by atoms with Gasteiger partial charge in [0.05, 0.1) is 12.1 Å². The SMILES string of the molecule is CC(=O)O.Oc1ccccc1C=N[C@@H]1CCCC[C@H]1N=Cc1ccccc1O.[Co]. The minimum atomic E-state index is -0.833. The van der Waals surface area contributed by atoms with Crippen LogP contribution >= 0.6 is 0 Å². The van der Waals surface area contributed by atoms with Gasteiger partial charge < -0.3 is 15.3 Å². The number of aromatic hydroxyl groups is 2. The third kappa shape index (κ3) is 8.49. The zero-order valence-electron chi connectivity index (χ0n) is 16.2. The molecule has 0 spiro atoms. The van der Waals surface area contributed by atoms with Crippen LogP contribution in [0.15, 0.2) is 58.5 Å². The van der Waals surface area contributed by atoms with Gasteiger partial charge in [0.15, 0.2) is 0 Å². The number of carboxylic acid groups (broad SMARTS) is 1. The second kappa shape index (κ2) is 12.7. The summed E-state index contributed by atoms with van der Waals surface area (Å²) in [5.41, 5.74) is 1.46. The van der Waals surface area contributed by atoms with Crippen molar-refractivity contribution in [3.8, 4) is 11.5 Å². The summed E-state index contributed by atoms with van der Waals surface area (Å²) in [7, 11) is 0. The molecule has 0 bridgehead atoms. The Morgan fingerprint density at radius 1 is 0.862 bits per heavy atom. The standard InChI is InChI=1S/C20H22N2O2.C2H4O2.Co/c23-19-11-5-1-7-15(19)13-21-17-9-3-4-10-18(17)22-14-16-8-2-6-12-20(16)24;1-2(3)4;/h1-2,5-8,11-14,17-18,23-24H,3-4,9-10H2;1H3,(H,3,4);/t17-,18-;;/m1../s1. The molecule has 1 aliphatic rings. The summed E-state index contributed by atoms with van der Waals surface area (Å²) in [6.45, 7) is 1.08. The number of phenols is 2. The third-order valence-electron chi connectivity index (χ3n) is 4.38. The summed E-state index contributed by atoms with van der Waals surface area (Å²) >= 11 is 0. The van der Waals surface area contributed by atoms with Crippen molar-refractivity contribution < 1.29 is 36.9 Å². The van der Waals surface area contributed by atoms with E-state index in [1.165, 1.54) is 0 Å². The normalized spacial score (nSPS) is 18.7. The zero-order valence-corrected chi connectivity index (χ0v) is 17.3. The number of phenolic OH excluding ortho intramolecular Hbond substituents is 2. The Hall–Kier alpha value is -2.64. The first-order chi connectivity index (χ1) is 13.5.